The Bertz CT molecular complexity index is 1870. The SMILES string of the molecule is CC[C@H](C)[C@H](NC(=O)[C@@]1(NC(=O)C(CCc2ccc(O)cc2)NC(=O)OCc2ccccc2)CCc2[nH]c3c(Cl)cc(Cl)cc3c2C1)C(N)=S. The minimum absolute atomic E-state index is 0.00970. The van der Waals surface area contributed by atoms with Crippen LogP contribution in [0.5, 0.6) is 5.75 Å². The van der Waals surface area contributed by atoms with Gasteiger partial charge in [0.05, 0.1) is 21.6 Å². The second kappa shape index (κ2) is 16.1. The van der Waals surface area contributed by atoms with Gasteiger partial charge >= 0.3 is 6.09 Å². The molecule has 5 rings (SSSR count). The van der Waals surface area contributed by atoms with Gasteiger partial charge in [-0.05, 0) is 72.6 Å². The van der Waals surface area contributed by atoms with E-state index in [0.717, 1.165) is 27.8 Å². The Morgan fingerprint density at radius 2 is 1.78 bits per heavy atom. The Morgan fingerprint density at radius 1 is 1.06 bits per heavy atom. The second-order valence-electron chi connectivity index (χ2n) is 12.8. The van der Waals surface area contributed by atoms with Crippen molar-refractivity contribution >= 4 is 69.2 Å². The number of phenols is 1. The van der Waals surface area contributed by atoms with Crippen LogP contribution >= 0.6 is 35.4 Å². The van der Waals surface area contributed by atoms with Crippen LogP contribution in [0.3, 0.4) is 0 Å². The monoisotopic (exact) mass is 737 g/mol. The van der Waals surface area contributed by atoms with Gasteiger partial charge in [0.1, 0.15) is 23.9 Å². The summed E-state index contributed by atoms with van der Waals surface area (Å²) in [6.07, 6.45) is 1.26. The van der Waals surface area contributed by atoms with E-state index < -0.39 is 35.5 Å². The third-order valence-electron chi connectivity index (χ3n) is 9.38. The summed E-state index contributed by atoms with van der Waals surface area (Å²) in [4.78, 5) is 45.4. The number of carbonyl (C=O) groups excluding carboxylic acids is 3. The quantitative estimate of drug-likeness (QED) is 0.0883. The fraction of sp³-hybridized carbons (Fsp3) is 0.351. The van der Waals surface area contributed by atoms with Crippen LogP contribution in [-0.2, 0) is 40.2 Å². The summed E-state index contributed by atoms with van der Waals surface area (Å²) in [6.45, 7) is 3.94. The fourth-order valence-corrected chi connectivity index (χ4v) is 7.14. The predicted molar refractivity (Wildman–Crippen MR) is 199 cm³/mol. The fourth-order valence-electron chi connectivity index (χ4n) is 6.31. The molecule has 0 aliphatic heterocycles. The van der Waals surface area contributed by atoms with Crippen LogP contribution < -0.4 is 21.7 Å². The van der Waals surface area contributed by atoms with Crippen molar-refractivity contribution in [2.75, 3.05) is 0 Å². The van der Waals surface area contributed by atoms with Gasteiger partial charge in [0.2, 0.25) is 11.8 Å². The molecule has 0 fully saturated rings. The van der Waals surface area contributed by atoms with Crippen molar-refractivity contribution in [3.8, 4) is 5.75 Å². The highest BCUT2D eigenvalue weighted by atomic mass is 35.5. The molecule has 1 unspecified atom stereocenters. The lowest BCUT2D eigenvalue weighted by Gasteiger charge is -2.39. The number of H-pyrrole nitrogens is 1. The summed E-state index contributed by atoms with van der Waals surface area (Å²) in [5.74, 6) is -0.956. The van der Waals surface area contributed by atoms with Gasteiger partial charge < -0.3 is 36.5 Å². The number of carbonyl (C=O) groups is 3. The molecule has 3 amide bonds. The van der Waals surface area contributed by atoms with E-state index in [1.54, 1.807) is 36.4 Å². The Balaban J connectivity index is 1.46. The lowest BCUT2D eigenvalue weighted by Crippen LogP contribution is -2.66. The maximum absolute atomic E-state index is 14.5. The number of rotatable bonds is 13. The number of fused-ring (bicyclic) bond motifs is 3. The number of aromatic amines is 1. The average molecular weight is 739 g/mol. The zero-order chi connectivity index (χ0) is 36.0. The first kappa shape index (κ1) is 36.9. The molecule has 0 saturated heterocycles. The molecule has 13 heteroatoms. The minimum Gasteiger partial charge on any atom is -0.508 e. The van der Waals surface area contributed by atoms with Crippen LogP contribution in [0.4, 0.5) is 4.79 Å². The first-order valence-corrected chi connectivity index (χ1v) is 17.7. The van der Waals surface area contributed by atoms with Gasteiger partial charge in [-0.2, -0.15) is 0 Å². The van der Waals surface area contributed by atoms with Crippen molar-refractivity contribution in [3.05, 3.63) is 99.2 Å². The number of aromatic hydroxyl groups is 1. The largest absolute Gasteiger partial charge is 0.508 e. The standard InChI is InChI=1S/C37H41Cl2N5O5S/c1-3-21(2)31(33(40)50)43-35(47)37(16-15-29-27(19-37)26-17-24(38)18-28(39)32(26)41-29)44-34(46)30(14-11-22-9-12-25(45)13-10-22)42-36(48)49-20-23-7-5-4-6-8-23/h4-10,12-13,17-18,21,30-31,41,45H,3,11,14-16,19-20H2,1-2H3,(H2,40,50)(H,42,48)(H,43,47)(H,44,46)/t21-,30?,31-,37+/m0/s1. The number of nitrogens with one attached hydrogen (secondary N) is 4. The molecule has 0 bridgehead atoms. The van der Waals surface area contributed by atoms with E-state index in [1.807, 2.05) is 44.2 Å². The van der Waals surface area contributed by atoms with Crippen molar-refractivity contribution in [2.45, 2.75) is 76.6 Å². The molecule has 0 saturated carbocycles. The highest BCUT2D eigenvalue weighted by Gasteiger charge is 2.46. The first-order chi connectivity index (χ1) is 23.9. The van der Waals surface area contributed by atoms with Gasteiger partial charge in [-0.15, -0.1) is 0 Å². The van der Waals surface area contributed by atoms with Crippen LogP contribution in [0.1, 0.15) is 55.5 Å². The molecular weight excluding hydrogens is 697 g/mol. The van der Waals surface area contributed by atoms with Gasteiger partial charge in [-0.25, -0.2) is 4.79 Å². The van der Waals surface area contributed by atoms with E-state index in [9.17, 15) is 19.5 Å². The number of nitrogens with two attached hydrogens (primary N) is 1. The van der Waals surface area contributed by atoms with Crippen LogP contribution in [0.2, 0.25) is 10.0 Å². The molecular formula is C37H41Cl2N5O5S. The number of aromatic nitrogens is 1. The van der Waals surface area contributed by atoms with Crippen molar-refractivity contribution in [2.24, 2.45) is 11.7 Å². The van der Waals surface area contributed by atoms with E-state index in [-0.39, 0.29) is 42.5 Å². The Hall–Kier alpha value is -4.32. The molecule has 50 heavy (non-hydrogen) atoms. The zero-order valence-corrected chi connectivity index (χ0v) is 30.2. The molecule has 4 atom stereocenters. The number of thiocarbonyl (C=S) groups is 1. The van der Waals surface area contributed by atoms with E-state index in [1.165, 1.54) is 0 Å². The average Bonchev–Trinajstić information content (AvgIpc) is 3.46. The minimum atomic E-state index is -1.45. The zero-order valence-electron chi connectivity index (χ0n) is 27.9. The van der Waals surface area contributed by atoms with Crippen LogP contribution in [0.15, 0.2) is 66.7 Å². The number of aryl methyl sites for hydroxylation is 2. The number of phenolic OH excluding ortho intramolecular Hbond substituents is 1. The molecule has 264 valence electrons. The van der Waals surface area contributed by atoms with Gasteiger partial charge in [0.15, 0.2) is 0 Å². The van der Waals surface area contributed by atoms with Gasteiger partial charge in [0, 0.05) is 22.5 Å². The number of hydrogen-bond donors (Lipinski definition) is 6. The van der Waals surface area contributed by atoms with E-state index in [2.05, 4.69) is 20.9 Å². The third kappa shape index (κ3) is 8.69. The van der Waals surface area contributed by atoms with Crippen LogP contribution in [-0.4, -0.2) is 50.6 Å². The normalized spacial score (nSPS) is 17.2. The molecule has 7 N–H and O–H groups in total. The maximum Gasteiger partial charge on any atom is 0.408 e. The molecule has 1 aliphatic rings. The van der Waals surface area contributed by atoms with Crippen molar-refractivity contribution < 1.29 is 24.2 Å². The highest BCUT2D eigenvalue weighted by molar-refractivity contribution is 7.80. The molecule has 1 aliphatic carbocycles. The Labute approximate surface area is 306 Å². The summed E-state index contributed by atoms with van der Waals surface area (Å²) < 4.78 is 5.46. The topological polar surface area (TPSA) is 159 Å². The lowest BCUT2D eigenvalue weighted by atomic mass is 9.78. The number of ether oxygens (including phenoxy) is 1. The third-order valence-corrected chi connectivity index (χ3v) is 10.2. The second-order valence-corrected chi connectivity index (χ2v) is 14.2. The van der Waals surface area contributed by atoms with Gasteiger partial charge in [-0.3, -0.25) is 9.59 Å². The number of hydrogen-bond acceptors (Lipinski definition) is 6. The number of alkyl carbamates (subject to hydrolysis) is 1. The smallest absolute Gasteiger partial charge is 0.408 e. The molecule has 4 aromatic rings. The number of benzene rings is 3. The molecule has 0 spiro atoms. The summed E-state index contributed by atoms with van der Waals surface area (Å²) in [7, 11) is 0. The van der Waals surface area contributed by atoms with Crippen molar-refractivity contribution in [1.82, 2.24) is 20.9 Å². The molecule has 10 nitrogen and oxygen atoms in total. The van der Waals surface area contributed by atoms with Gasteiger partial charge in [0.25, 0.3) is 0 Å². The van der Waals surface area contributed by atoms with Crippen LogP contribution in [0, 0.1) is 5.92 Å². The highest BCUT2D eigenvalue weighted by Crippen LogP contribution is 2.38. The summed E-state index contributed by atoms with van der Waals surface area (Å²) in [5, 5.41) is 20.2. The lowest BCUT2D eigenvalue weighted by molar-refractivity contribution is -0.135. The molecule has 1 heterocycles. The van der Waals surface area contributed by atoms with E-state index in [4.69, 9.17) is 45.9 Å². The summed E-state index contributed by atoms with van der Waals surface area (Å²) >= 11 is 18.3. The van der Waals surface area contributed by atoms with Crippen LogP contribution in [0.25, 0.3) is 10.9 Å². The van der Waals surface area contributed by atoms with E-state index in [0.29, 0.717) is 34.8 Å². The molecule has 1 aromatic heterocycles. The predicted octanol–water partition coefficient (Wildman–Crippen LogP) is 6.27. The molecule has 0 radical (unpaired) electrons. The summed E-state index contributed by atoms with van der Waals surface area (Å²) in [6, 6.07) is 17.5. The Kier molecular flexibility index (Phi) is 11.9. The van der Waals surface area contributed by atoms with Gasteiger partial charge in [-0.1, -0.05) is 98.2 Å². The molecule has 3 aromatic carbocycles. The number of halogens is 2. The summed E-state index contributed by atoms with van der Waals surface area (Å²) in [5.41, 5.74) is 8.67. The van der Waals surface area contributed by atoms with Crippen molar-refractivity contribution in [3.63, 3.8) is 0 Å². The maximum atomic E-state index is 14.5. The number of amides is 3. The van der Waals surface area contributed by atoms with Crippen molar-refractivity contribution in [1.29, 1.82) is 0 Å². The van der Waals surface area contributed by atoms with E-state index >= 15 is 0 Å². The first-order valence-electron chi connectivity index (χ1n) is 16.5. The Morgan fingerprint density at radius 3 is 2.46 bits per heavy atom.